The zero-order valence-corrected chi connectivity index (χ0v) is 12.4. The van der Waals surface area contributed by atoms with Gasteiger partial charge in [0, 0.05) is 31.3 Å². The maximum atomic E-state index is 12.2. The summed E-state index contributed by atoms with van der Waals surface area (Å²) in [7, 11) is 0. The van der Waals surface area contributed by atoms with Gasteiger partial charge in [0.25, 0.3) is 0 Å². The Hall–Kier alpha value is -1.66. The molecular weight excluding hydrogens is 268 g/mol. The van der Waals surface area contributed by atoms with Crippen molar-refractivity contribution in [1.82, 2.24) is 19.1 Å². The van der Waals surface area contributed by atoms with E-state index in [1.54, 1.807) is 10.6 Å². The fourth-order valence-electron chi connectivity index (χ4n) is 3.10. The number of fused-ring (bicyclic) bond motifs is 1. The number of hydrogen-bond donors (Lipinski definition) is 1. The van der Waals surface area contributed by atoms with Crippen molar-refractivity contribution in [1.29, 1.82) is 0 Å². The number of pyridine rings is 1. The van der Waals surface area contributed by atoms with Crippen molar-refractivity contribution in [3.8, 4) is 0 Å². The second-order valence-corrected chi connectivity index (χ2v) is 6.28. The van der Waals surface area contributed by atoms with Crippen LogP contribution < -0.4 is 5.69 Å². The Bertz CT molecular complexity index is 678. The first kappa shape index (κ1) is 14.3. The summed E-state index contributed by atoms with van der Waals surface area (Å²) in [5.41, 5.74) is 0.580. The fraction of sp³-hybridized carbons (Fsp3) is 0.600. The summed E-state index contributed by atoms with van der Waals surface area (Å²) in [5.74, 6) is 0. The molecule has 0 saturated carbocycles. The predicted octanol–water partition coefficient (Wildman–Crippen LogP) is 0.590. The zero-order valence-electron chi connectivity index (χ0n) is 12.4. The van der Waals surface area contributed by atoms with Gasteiger partial charge in [-0.1, -0.05) is 13.0 Å². The molecule has 3 heterocycles. The van der Waals surface area contributed by atoms with Crippen LogP contribution >= 0.6 is 0 Å². The molecule has 114 valence electrons. The molecule has 2 aromatic heterocycles. The first-order chi connectivity index (χ1) is 10.1. The van der Waals surface area contributed by atoms with Crippen LogP contribution in [0.15, 0.2) is 29.2 Å². The molecule has 0 radical (unpaired) electrons. The van der Waals surface area contributed by atoms with E-state index in [9.17, 15) is 9.90 Å². The quantitative estimate of drug-likeness (QED) is 0.895. The smallest absolute Gasteiger partial charge is 0.350 e. The molecule has 0 bridgehead atoms. The molecule has 1 fully saturated rings. The molecule has 1 atom stereocenters. The molecule has 6 heteroatoms. The van der Waals surface area contributed by atoms with Crippen molar-refractivity contribution in [2.24, 2.45) is 5.41 Å². The lowest BCUT2D eigenvalue weighted by Gasteiger charge is -2.39. The standard InChI is InChI=1S/C15H22N4O2/c1-15(12-20)6-4-7-17(11-15)9-10-19-14(21)18-8-3-2-5-13(18)16-19/h2-3,5,8,20H,4,6-7,9-12H2,1H3. The molecule has 0 aliphatic carbocycles. The van der Waals surface area contributed by atoms with Crippen LogP contribution in [0.2, 0.25) is 0 Å². The molecule has 0 amide bonds. The molecule has 2 aromatic rings. The van der Waals surface area contributed by atoms with E-state index >= 15 is 0 Å². The Kier molecular flexibility index (Phi) is 3.82. The van der Waals surface area contributed by atoms with Crippen molar-refractivity contribution in [3.05, 3.63) is 34.9 Å². The summed E-state index contributed by atoms with van der Waals surface area (Å²) in [5, 5.41) is 13.8. The van der Waals surface area contributed by atoms with E-state index in [-0.39, 0.29) is 17.7 Å². The Morgan fingerprint density at radius 3 is 3.00 bits per heavy atom. The van der Waals surface area contributed by atoms with Gasteiger partial charge < -0.3 is 10.0 Å². The van der Waals surface area contributed by atoms with Gasteiger partial charge in [-0.25, -0.2) is 9.48 Å². The van der Waals surface area contributed by atoms with Crippen LogP contribution in [0.1, 0.15) is 19.8 Å². The third-order valence-corrected chi connectivity index (χ3v) is 4.36. The highest BCUT2D eigenvalue weighted by Gasteiger charge is 2.30. The van der Waals surface area contributed by atoms with Crippen LogP contribution in [0.25, 0.3) is 5.65 Å². The maximum absolute atomic E-state index is 12.2. The number of piperidine rings is 1. The van der Waals surface area contributed by atoms with Crippen LogP contribution in [0, 0.1) is 5.41 Å². The summed E-state index contributed by atoms with van der Waals surface area (Å²) in [6.45, 7) is 5.62. The Balaban J connectivity index is 1.69. The monoisotopic (exact) mass is 290 g/mol. The van der Waals surface area contributed by atoms with Crippen LogP contribution in [0.4, 0.5) is 0 Å². The molecule has 0 aromatic carbocycles. The van der Waals surface area contributed by atoms with Gasteiger partial charge in [0.1, 0.15) is 0 Å². The summed E-state index contributed by atoms with van der Waals surface area (Å²) in [6, 6.07) is 5.54. The first-order valence-corrected chi connectivity index (χ1v) is 7.49. The molecule has 1 aliphatic rings. The Labute approximate surface area is 123 Å². The first-order valence-electron chi connectivity index (χ1n) is 7.49. The number of likely N-dealkylation sites (tertiary alicyclic amines) is 1. The molecule has 1 aliphatic heterocycles. The van der Waals surface area contributed by atoms with Crippen molar-refractivity contribution in [3.63, 3.8) is 0 Å². The normalized spacial score (nSPS) is 23.7. The van der Waals surface area contributed by atoms with Crippen LogP contribution in [-0.2, 0) is 6.54 Å². The van der Waals surface area contributed by atoms with Crippen molar-refractivity contribution in [2.45, 2.75) is 26.3 Å². The molecule has 0 spiro atoms. The summed E-state index contributed by atoms with van der Waals surface area (Å²) in [4.78, 5) is 14.5. The lowest BCUT2D eigenvalue weighted by Crippen LogP contribution is -2.45. The molecule has 1 N–H and O–H groups in total. The third kappa shape index (κ3) is 2.87. The van der Waals surface area contributed by atoms with E-state index in [1.807, 2.05) is 18.2 Å². The Morgan fingerprint density at radius 1 is 1.38 bits per heavy atom. The van der Waals surface area contributed by atoms with E-state index in [2.05, 4.69) is 16.9 Å². The van der Waals surface area contributed by atoms with Gasteiger partial charge >= 0.3 is 5.69 Å². The number of aliphatic hydroxyl groups excluding tert-OH is 1. The van der Waals surface area contributed by atoms with Crippen molar-refractivity contribution in [2.75, 3.05) is 26.2 Å². The summed E-state index contributed by atoms with van der Waals surface area (Å²) >= 11 is 0. The summed E-state index contributed by atoms with van der Waals surface area (Å²) < 4.78 is 3.09. The number of nitrogens with zero attached hydrogens (tertiary/aromatic N) is 4. The number of aromatic nitrogens is 3. The largest absolute Gasteiger partial charge is 0.396 e. The molecule has 1 unspecified atom stereocenters. The fourth-order valence-corrected chi connectivity index (χ4v) is 3.10. The van der Waals surface area contributed by atoms with E-state index in [4.69, 9.17) is 0 Å². The van der Waals surface area contributed by atoms with Gasteiger partial charge in [-0.15, -0.1) is 5.10 Å². The van der Waals surface area contributed by atoms with E-state index in [0.717, 1.165) is 32.5 Å². The average molecular weight is 290 g/mol. The molecule has 1 saturated heterocycles. The lowest BCUT2D eigenvalue weighted by molar-refractivity contribution is 0.0445. The minimum Gasteiger partial charge on any atom is -0.396 e. The Morgan fingerprint density at radius 2 is 2.24 bits per heavy atom. The predicted molar refractivity (Wildman–Crippen MR) is 80.3 cm³/mol. The van der Waals surface area contributed by atoms with Crippen molar-refractivity contribution < 1.29 is 5.11 Å². The summed E-state index contributed by atoms with van der Waals surface area (Å²) in [6.07, 6.45) is 3.90. The maximum Gasteiger partial charge on any atom is 0.350 e. The van der Waals surface area contributed by atoms with Crippen molar-refractivity contribution >= 4 is 5.65 Å². The van der Waals surface area contributed by atoms with E-state index in [1.165, 1.54) is 4.68 Å². The molecule has 3 rings (SSSR count). The number of aliphatic hydroxyl groups is 1. The lowest BCUT2D eigenvalue weighted by atomic mass is 9.83. The van der Waals surface area contributed by atoms with Gasteiger partial charge in [0.2, 0.25) is 0 Å². The minimum absolute atomic E-state index is 0.0118. The van der Waals surface area contributed by atoms with Crippen LogP contribution in [0.5, 0.6) is 0 Å². The zero-order chi connectivity index (χ0) is 14.9. The van der Waals surface area contributed by atoms with Gasteiger partial charge in [0.05, 0.1) is 6.54 Å². The second kappa shape index (κ2) is 5.61. The third-order valence-electron chi connectivity index (χ3n) is 4.36. The molecule has 21 heavy (non-hydrogen) atoms. The highest BCUT2D eigenvalue weighted by Crippen LogP contribution is 2.28. The topological polar surface area (TPSA) is 62.8 Å². The van der Waals surface area contributed by atoms with E-state index in [0.29, 0.717) is 12.2 Å². The molecular formula is C15H22N4O2. The number of rotatable bonds is 4. The van der Waals surface area contributed by atoms with Gasteiger partial charge in [-0.2, -0.15) is 0 Å². The minimum atomic E-state index is -0.0903. The van der Waals surface area contributed by atoms with Crippen LogP contribution in [-0.4, -0.2) is 50.4 Å². The highest BCUT2D eigenvalue weighted by molar-refractivity contribution is 5.35. The van der Waals surface area contributed by atoms with Gasteiger partial charge in [-0.3, -0.25) is 4.40 Å². The van der Waals surface area contributed by atoms with E-state index < -0.39 is 0 Å². The molecule has 6 nitrogen and oxygen atoms in total. The van der Waals surface area contributed by atoms with Gasteiger partial charge in [0.15, 0.2) is 5.65 Å². The number of hydrogen-bond acceptors (Lipinski definition) is 4. The SMILES string of the molecule is CC1(CO)CCCN(CCn2nc3ccccn3c2=O)C1. The highest BCUT2D eigenvalue weighted by atomic mass is 16.3. The van der Waals surface area contributed by atoms with Gasteiger partial charge in [-0.05, 0) is 31.5 Å². The second-order valence-electron chi connectivity index (χ2n) is 6.28. The average Bonchev–Trinajstić information content (AvgIpc) is 2.82. The van der Waals surface area contributed by atoms with Crippen LogP contribution in [0.3, 0.4) is 0 Å².